The van der Waals surface area contributed by atoms with Gasteiger partial charge in [-0.15, -0.1) is 0 Å². The van der Waals surface area contributed by atoms with E-state index in [4.69, 9.17) is 9.84 Å². The number of aliphatic carboxylic acids is 1. The van der Waals surface area contributed by atoms with Gasteiger partial charge >= 0.3 is 5.97 Å². The molecule has 2 amide bonds. The number of hydrogen-bond acceptors (Lipinski definition) is 4. The van der Waals surface area contributed by atoms with E-state index in [9.17, 15) is 14.4 Å². The number of carboxylic acid groups (broad SMARTS) is 1. The molecule has 3 N–H and O–H groups in total. The molecule has 114 valence electrons. The molecule has 0 fully saturated rings. The van der Waals surface area contributed by atoms with E-state index in [1.807, 2.05) is 19.1 Å². The molecule has 0 bridgehead atoms. The van der Waals surface area contributed by atoms with E-state index in [0.29, 0.717) is 5.75 Å². The molecule has 0 saturated carbocycles. The summed E-state index contributed by atoms with van der Waals surface area (Å²) in [6, 6.07) is 7.25. The maximum absolute atomic E-state index is 11.7. The third-order valence-electron chi connectivity index (χ3n) is 2.53. The molecule has 1 aromatic carbocycles. The number of nitrogens with one attached hydrogen (secondary N) is 2. The van der Waals surface area contributed by atoms with Crippen LogP contribution in [0.3, 0.4) is 0 Å². The Hall–Kier alpha value is -2.57. The monoisotopic (exact) mass is 294 g/mol. The second kappa shape index (κ2) is 7.88. The summed E-state index contributed by atoms with van der Waals surface area (Å²) in [5.41, 5.74) is 1.01. The van der Waals surface area contributed by atoms with Crippen molar-refractivity contribution in [2.75, 3.05) is 13.1 Å². The van der Waals surface area contributed by atoms with Crippen LogP contribution in [-0.4, -0.2) is 42.1 Å². The van der Waals surface area contributed by atoms with E-state index < -0.39 is 30.4 Å². The highest BCUT2D eigenvalue weighted by molar-refractivity contribution is 5.88. The first-order valence-corrected chi connectivity index (χ1v) is 6.38. The van der Waals surface area contributed by atoms with Crippen LogP contribution in [0.2, 0.25) is 0 Å². The molecular formula is C14H18N2O5. The largest absolute Gasteiger partial charge is 0.481 e. The fourth-order valence-corrected chi connectivity index (χ4v) is 1.49. The van der Waals surface area contributed by atoms with Gasteiger partial charge in [-0.3, -0.25) is 14.4 Å². The van der Waals surface area contributed by atoms with Crippen LogP contribution >= 0.6 is 0 Å². The lowest BCUT2D eigenvalue weighted by Crippen LogP contribution is -2.43. The molecule has 0 aliphatic rings. The minimum atomic E-state index is -1.15. The zero-order valence-corrected chi connectivity index (χ0v) is 11.9. The first-order chi connectivity index (χ1) is 9.88. The normalized spacial score (nSPS) is 11.3. The highest BCUT2D eigenvalue weighted by Crippen LogP contribution is 2.14. The first-order valence-electron chi connectivity index (χ1n) is 6.38. The molecule has 0 aromatic heterocycles. The smallest absolute Gasteiger partial charge is 0.322 e. The molecule has 21 heavy (non-hydrogen) atoms. The third kappa shape index (κ3) is 6.42. The number of carbonyl (C=O) groups excluding carboxylic acids is 2. The minimum absolute atomic E-state index is 0.298. The molecule has 0 heterocycles. The Bertz CT molecular complexity index is 530. The van der Waals surface area contributed by atoms with Crippen molar-refractivity contribution >= 4 is 17.8 Å². The Labute approximate surface area is 122 Å². The van der Waals surface area contributed by atoms with Gasteiger partial charge in [0, 0.05) is 0 Å². The number of rotatable bonds is 7. The molecule has 1 atom stereocenters. The van der Waals surface area contributed by atoms with Crippen molar-refractivity contribution in [1.82, 2.24) is 10.6 Å². The summed E-state index contributed by atoms with van der Waals surface area (Å²) in [6.07, 6.45) is -0.765. The highest BCUT2D eigenvalue weighted by Gasteiger charge is 2.15. The number of amides is 2. The van der Waals surface area contributed by atoms with Crippen LogP contribution in [0, 0.1) is 6.92 Å². The Morgan fingerprint density at radius 1 is 1.24 bits per heavy atom. The molecule has 7 heteroatoms. The predicted molar refractivity (Wildman–Crippen MR) is 74.9 cm³/mol. The average Bonchev–Trinajstić information content (AvgIpc) is 2.42. The van der Waals surface area contributed by atoms with E-state index in [0.717, 1.165) is 5.56 Å². The number of carboxylic acids is 1. The van der Waals surface area contributed by atoms with Crippen LogP contribution in [0.25, 0.3) is 0 Å². The van der Waals surface area contributed by atoms with Gasteiger partial charge in [0.05, 0.1) is 6.54 Å². The van der Waals surface area contributed by atoms with Gasteiger partial charge in [0.15, 0.2) is 6.10 Å². The van der Waals surface area contributed by atoms with Gasteiger partial charge < -0.3 is 20.5 Å². The molecule has 7 nitrogen and oxygen atoms in total. The summed E-state index contributed by atoms with van der Waals surface area (Å²) in [5, 5.41) is 12.9. The fraction of sp³-hybridized carbons (Fsp3) is 0.357. The molecule has 0 aliphatic carbocycles. The van der Waals surface area contributed by atoms with Gasteiger partial charge in [0.1, 0.15) is 12.3 Å². The van der Waals surface area contributed by atoms with Gasteiger partial charge in [-0.1, -0.05) is 12.1 Å². The lowest BCUT2D eigenvalue weighted by atomic mass is 10.2. The SMILES string of the molecule is Cc1cccc(OC(C)C(=O)NCC(=O)NCC(=O)O)c1. The van der Waals surface area contributed by atoms with Gasteiger partial charge in [-0.05, 0) is 31.5 Å². The van der Waals surface area contributed by atoms with E-state index >= 15 is 0 Å². The van der Waals surface area contributed by atoms with Crippen LogP contribution in [0.15, 0.2) is 24.3 Å². The summed E-state index contributed by atoms with van der Waals surface area (Å²) in [6.45, 7) is 2.69. The van der Waals surface area contributed by atoms with Gasteiger partial charge in [-0.25, -0.2) is 0 Å². The summed E-state index contributed by atoms with van der Waals surface area (Å²) < 4.78 is 5.45. The minimum Gasteiger partial charge on any atom is -0.481 e. The van der Waals surface area contributed by atoms with Crippen molar-refractivity contribution in [3.05, 3.63) is 29.8 Å². The van der Waals surface area contributed by atoms with E-state index in [2.05, 4.69) is 10.6 Å². The zero-order chi connectivity index (χ0) is 15.8. The molecule has 1 unspecified atom stereocenters. The maximum Gasteiger partial charge on any atom is 0.322 e. The lowest BCUT2D eigenvalue weighted by molar-refractivity contribution is -0.137. The van der Waals surface area contributed by atoms with E-state index in [1.54, 1.807) is 19.1 Å². The van der Waals surface area contributed by atoms with Gasteiger partial charge in [0.25, 0.3) is 5.91 Å². The van der Waals surface area contributed by atoms with Gasteiger partial charge in [-0.2, -0.15) is 0 Å². The summed E-state index contributed by atoms with van der Waals surface area (Å²) in [7, 11) is 0. The van der Waals surface area contributed by atoms with Crippen molar-refractivity contribution in [3.8, 4) is 5.75 Å². The molecule has 1 rings (SSSR count). The molecule has 0 spiro atoms. The Kier molecular flexibility index (Phi) is 6.19. The van der Waals surface area contributed by atoms with Crippen molar-refractivity contribution < 1.29 is 24.2 Å². The zero-order valence-electron chi connectivity index (χ0n) is 11.9. The van der Waals surface area contributed by atoms with Crippen molar-refractivity contribution in [2.45, 2.75) is 20.0 Å². The van der Waals surface area contributed by atoms with Crippen LogP contribution in [0.1, 0.15) is 12.5 Å². The number of aryl methyl sites for hydroxylation is 1. The standard InChI is InChI=1S/C14H18N2O5/c1-9-4-3-5-11(6-9)21-10(2)14(20)16-7-12(17)15-8-13(18)19/h3-6,10H,7-8H2,1-2H3,(H,15,17)(H,16,20)(H,18,19). The molecule has 1 aromatic rings. The summed E-state index contributed by atoms with van der Waals surface area (Å²) in [5.74, 6) is -1.62. The predicted octanol–water partition coefficient (Wildman–Crippen LogP) is 0.0793. The fourth-order valence-electron chi connectivity index (χ4n) is 1.49. The lowest BCUT2D eigenvalue weighted by Gasteiger charge is -2.14. The van der Waals surface area contributed by atoms with Crippen molar-refractivity contribution in [3.63, 3.8) is 0 Å². The van der Waals surface area contributed by atoms with Crippen LogP contribution in [0.4, 0.5) is 0 Å². The van der Waals surface area contributed by atoms with Crippen molar-refractivity contribution in [2.24, 2.45) is 0 Å². The molecular weight excluding hydrogens is 276 g/mol. The maximum atomic E-state index is 11.7. The number of carbonyl (C=O) groups is 3. The molecule has 0 radical (unpaired) electrons. The van der Waals surface area contributed by atoms with Crippen LogP contribution in [0.5, 0.6) is 5.75 Å². The topological polar surface area (TPSA) is 105 Å². The second-order valence-electron chi connectivity index (χ2n) is 4.46. The Morgan fingerprint density at radius 3 is 2.57 bits per heavy atom. The number of benzene rings is 1. The quantitative estimate of drug-likeness (QED) is 0.660. The number of hydrogen-bond donors (Lipinski definition) is 3. The first kappa shape index (κ1) is 16.5. The highest BCUT2D eigenvalue weighted by atomic mass is 16.5. The molecule has 0 aliphatic heterocycles. The van der Waals surface area contributed by atoms with Crippen LogP contribution < -0.4 is 15.4 Å². The summed E-state index contributed by atoms with van der Waals surface area (Å²) in [4.78, 5) is 33.2. The van der Waals surface area contributed by atoms with E-state index in [-0.39, 0.29) is 6.54 Å². The van der Waals surface area contributed by atoms with Crippen molar-refractivity contribution in [1.29, 1.82) is 0 Å². The summed E-state index contributed by atoms with van der Waals surface area (Å²) >= 11 is 0. The second-order valence-corrected chi connectivity index (χ2v) is 4.46. The Morgan fingerprint density at radius 2 is 1.95 bits per heavy atom. The Balaban J connectivity index is 2.37. The average molecular weight is 294 g/mol. The third-order valence-corrected chi connectivity index (χ3v) is 2.53. The van der Waals surface area contributed by atoms with E-state index in [1.165, 1.54) is 0 Å². The van der Waals surface area contributed by atoms with Gasteiger partial charge in [0.2, 0.25) is 5.91 Å². The number of ether oxygens (including phenoxy) is 1. The van der Waals surface area contributed by atoms with Crippen LogP contribution in [-0.2, 0) is 14.4 Å². The molecule has 0 saturated heterocycles.